The summed E-state index contributed by atoms with van der Waals surface area (Å²) in [6.45, 7) is 0.843. The maximum Gasteiger partial charge on any atom is 0.350 e. The van der Waals surface area contributed by atoms with Crippen molar-refractivity contribution in [3.63, 3.8) is 0 Å². The van der Waals surface area contributed by atoms with Crippen LogP contribution in [-0.2, 0) is 14.3 Å². The smallest absolute Gasteiger partial charge is 0.350 e. The molecule has 0 atom stereocenters. The molecule has 0 saturated carbocycles. The Morgan fingerprint density at radius 1 is 1.45 bits per heavy atom. The van der Waals surface area contributed by atoms with Gasteiger partial charge in [0.2, 0.25) is 5.60 Å². The minimum absolute atomic E-state index is 0.370. The first-order valence-electron chi connectivity index (χ1n) is 6.16. The largest absolute Gasteiger partial charge is 0.474 e. The topological polar surface area (TPSA) is 68.5 Å². The Morgan fingerprint density at radius 3 is 2.75 bits per heavy atom. The van der Waals surface area contributed by atoms with Crippen molar-refractivity contribution in [2.45, 2.75) is 18.4 Å². The first-order valence-corrected chi connectivity index (χ1v) is 6.95. The van der Waals surface area contributed by atoms with Gasteiger partial charge in [-0.05, 0) is 18.2 Å². The van der Waals surface area contributed by atoms with E-state index in [9.17, 15) is 4.79 Å². The van der Waals surface area contributed by atoms with Gasteiger partial charge in [-0.15, -0.1) is 0 Å². The molecule has 0 bridgehead atoms. The average molecular weight is 340 g/mol. The first-order chi connectivity index (χ1) is 9.61. The predicted octanol–water partition coefficient (Wildman–Crippen LogP) is 2.42. The molecule has 0 amide bonds. The third kappa shape index (κ3) is 2.94. The highest BCUT2D eigenvalue weighted by molar-refractivity contribution is 9.10. The van der Waals surface area contributed by atoms with Gasteiger partial charge in [-0.25, -0.2) is 4.79 Å². The molecule has 1 aromatic carbocycles. The second-order valence-electron chi connectivity index (χ2n) is 4.45. The van der Waals surface area contributed by atoms with Gasteiger partial charge in [0.15, 0.2) is 0 Å². The van der Waals surface area contributed by atoms with Crippen molar-refractivity contribution >= 4 is 21.9 Å². The molecule has 6 heteroatoms. The van der Waals surface area contributed by atoms with Gasteiger partial charge in [-0.1, -0.05) is 15.9 Å². The van der Waals surface area contributed by atoms with Crippen molar-refractivity contribution in [2.75, 3.05) is 20.3 Å². The van der Waals surface area contributed by atoms with Crippen molar-refractivity contribution in [2.24, 2.45) is 0 Å². The van der Waals surface area contributed by atoms with Crippen LogP contribution in [0.3, 0.4) is 0 Å². The zero-order valence-electron chi connectivity index (χ0n) is 11.0. The summed E-state index contributed by atoms with van der Waals surface area (Å²) in [4.78, 5) is 12.1. The Hall–Kier alpha value is -1.58. The molecule has 1 heterocycles. The zero-order chi connectivity index (χ0) is 14.6. The lowest BCUT2D eigenvalue weighted by molar-refractivity contribution is -0.167. The van der Waals surface area contributed by atoms with Crippen molar-refractivity contribution in [1.82, 2.24) is 0 Å². The minimum Gasteiger partial charge on any atom is -0.474 e. The van der Waals surface area contributed by atoms with E-state index in [0.29, 0.717) is 37.4 Å². The Labute approximate surface area is 125 Å². The number of rotatable bonds is 3. The van der Waals surface area contributed by atoms with Crippen LogP contribution < -0.4 is 4.74 Å². The maximum atomic E-state index is 12.1. The highest BCUT2D eigenvalue weighted by Crippen LogP contribution is 2.32. The molecule has 0 spiro atoms. The SMILES string of the molecule is COC(=O)C1(Oc2cc(Br)ccc2C#N)CCOCC1. The molecular formula is C14H14BrNO4. The Morgan fingerprint density at radius 2 is 2.15 bits per heavy atom. The summed E-state index contributed by atoms with van der Waals surface area (Å²) in [5.74, 6) is -0.0705. The van der Waals surface area contributed by atoms with Crippen LogP contribution in [0, 0.1) is 11.3 Å². The molecule has 1 aliphatic rings. The number of carbonyl (C=O) groups excluding carboxylic acids is 1. The van der Waals surface area contributed by atoms with Crippen molar-refractivity contribution in [3.8, 4) is 11.8 Å². The first kappa shape index (κ1) is 14.8. The second-order valence-corrected chi connectivity index (χ2v) is 5.37. The molecule has 0 unspecified atom stereocenters. The lowest BCUT2D eigenvalue weighted by Crippen LogP contribution is -2.49. The van der Waals surface area contributed by atoms with Crippen LogP contribution in [0.15, 0.2) is 22.7 Å². The summed E-state index contributed by atoms with van der Waals surface area (Å²) in [5.41, 5.74) is -0.706. The lowest BCUT2D eigenvalue weighted by Gasteiger charge is -2.34. The van der Waals surface area contributed by atoms with Gasteiger partial charge in [0.25, 0.3) is 0 Å². The molecule has 0 aromatic heterocycles. The van der Waals surface area contributed by atoms with E-state index in [2.05, 4.69) is 22.0 Å². The third-order valence-corrected chi connectivity index (χ3v) is 3.72. The molecule has 20 heavy (non-hydrogen) atoms. The van der Waals surface area contributed by atoms with E-state index in [1.54, 1.807) is 18.2 Å². The van der Waals surface area contributed by atoms with Crippen LogP contribution in [0.2, 0.25) is 0 Å². The highest BCUT2D eigenvalue weighted by Gasteiger charge is 2.44. The van der Waals surface area contributed by atoms with E-state index >= 15 is 0 Å². The fraction of sp³-hybridized carbons (Fsp3) is 0.429. The summed E-state index contributed by atoms with van der Waals surface area (Å²) in [5, 5.41) is 9.13. The van der Waals surface area contributed by atoms with Crippen molar-refractivity contribution < 1.29 is 19.0 Å². The summed E-state index contributed by atoms with van der Waals surface area (Å²) in [6.07, 6.45) is 0.800. The van der Waals surface area contributed by atoms with Crippen LogP contribution in [0.5, 0.6) is 5.75 Å². The average Bonchev–Trinajstić information content (AvgIpc) is 2.47. The molecule has 1 saturated heterocycles. The van der Waals surface area contributed by atoms with Crippen LogP contribution in [0.25, 0.3) is 0 Å². The van der Waals surface area contributed by atoms with Crippen molar-refractivity contribution in [1.29, 1.82) is 5.26 Å². The van der Waals surface area contributed by atoms with E-state index < -0.39 is 11.6 Å². The Kier molecular flexibility index (Phi) is 4.63. The van der Waals surface area contributed by atoms with Gasteiger partial charge < -0.3 is 14.2 Å². The number of carbonyl (C=O) groups is 1. The second kappa shape index (κ2) is 6.25. The van der Waals surface area contributed by atoms with E-state index in [4.69, 9.17) is 19.5 Å². The quantitative estimate of drug-likeness (QED) is 0.791. The number of methoxy groups -OCH3 is 1. The molecule has 0 N–H and O–H groups in total. The molecular weight excluding hydrogens is 326 g/mol. The van der Waals surface area contributed by atoms with Crippen LogP contribution in [0.1, 0.15) is 18.4 Å². The monoisotopic (exact) mass is 339 g/mol. The van der Waals surface area contributed by atoms with Crippen molar-refractivity contribution in [3.05, 3.63) is 28.2 Å². The summed E-state index contributed by atoms with van der Waals surface area (Å²) < 4.78 is 16.8. The van der Waals surface area contributed by atoms with E-state index in [0.717, 1.165) is 4.47 Å². The number of benzene rings is 1. The number of halogens is 1. The number of nitriles is 1. The number of hydrogen-bond acceptors (Lipinski definition) is 5. The molecule has 5 nitrogen and oxygen atoms in total. The number of nitrogens with zero attached hydrogens (tertiary/aromatic N) is 1. The lowest BCUT2D eigenvalue weighted by atomic mass is 9.94. The highest BCUT2D eigenvalue weighted by atomic mass is 79.9. The molecule has 0 radical (unpaired) electrons. The number of hydrogen-bond donors (Lipinski definition) is 0. The summed E-state index contributed by atoms with van der Waals surface area (Å²) in [7, 11) is 1.33. The zero-order valence-corrected chi connectivity index (χ0v) is 12.6. The van der Waals surface area contributed by atoms with Gasteiger partial charge in [-0.2, -0.15) is 5.26 Å². The molecule has 2 rings (SSSR count). The number of ether oxygens (including phenoxy) is 3. The van der Waals surface area contributed by atoms with Gasteiger partial charge in [0.05, 0.1) is 25.9 Å². The fourth-order valence-electron chi connectivity index (χ4n) is 2.12. The Balaban J connectivity index is 2.35. The van der Waals surface area contributed by atoms with Crippen LogP contribution in [-0.4, -0.2) is 31.9 Å². The molecule has 1 fully saturated rings. The van der Waals surface area contributed by atoms with Crippen LogP contribution in [0.4, 0.5) is 0 Å². The van der Waals surface area contributed by atoms with Gasteiger partial charge in [-0.3, -0.25) is 0 Å². The third-order valence-electron chi connectivity index (χ3n) is 3.23. The minimum atomic E-state index is -1.08. The van der Waals surface area contributed by atoms with Crippen LogP contribution >= 0.6 is 15.9 Å². The van der Waals surface area contributed by atoms with Gasteiger partial charge >= 0.3 is 5.97 Å². The van der Waals surface area contributed by atoms with E-state index in [1.165, 1.54) is 7.11 Å². The van der Waals surface area contributed by atoms with Gasteiger partial charge in [0, 0.05) is 17.3 Å². The predicted molar refractivity (Wildman–Crippen MR) is 74.3 cm³/mol. The molecule has 0 aliphatic carbocycles. The molecule has 1 aromatic rings. The number of esters is 1. The molecule has 106 valence electrons. The summed E-state index contributed by atoms with van der Waals surface area (Å²) in [6, 6.07) is 7.13. The normalized spacial score (nSPS) is 17.1. The maximum absolute atomic E-state index is 12.1. The van der Waals surface area contributed by atoms with E-state index in [-0.39, 0.29) is 0 Å². The van der Waals surface area contributed by atoms with E-state index in [1.807, 2.05) is 0 Å². The standard InChI is InChI=1S/C14H14BrNO4/c1-18-13(17)14(4-6-19-7-5-14)20-12-8-11(15)3-2-10(12)9-16/h2-3,8H,4-7H2,1H3. The summed E-state index contributed by atoms with van der Waals surface area (Å²) >= 11 is 3.33. The fourth-order valence-corrected chi connectivity index (χ4v) is 2.46. The molecule has 1 aliphatic heterocycles. The van der Waals surface area contributed by atoms with Gasteiger partial charge in [0.1, 0.15) is 11.8 Å². The Bertz CT molecular complexity index is 547.